The molecule has 0 saturated heterocycles. The SMILES string of the molecule is C=COOC(=O)c1ccccc1CCCC. The minimum Gasteiger partial charge on any atom is -0.295 e. The predicted molar refractivity (Wildman–Crippen MR) is 61.8 cm³/mol. The van der Waals surface area contributed by atoms with Gasteiger partial charge in [-0.25, -0.2) is 9.68 Å². The molecule has 0 aromatic heterocycles. The van der Waals surface area contributed by atoms with E-state index in [9.17, 15) is 4.79 Å². The van der Waals surface area contributed by atoms with Gasteiger partial charge in [0, 0.05) is 0 Å². The summed E-state index contributed by atoms with van der Waals surface area (Å²) in [6.07, 6.45) is 4.08. The average Bonchev–Trinajstić information content (AvgIpc) is 2.33. The molecule has 1 aromatic rings. The minimum atomic E-state index is -0.480. The molecule has 0 fully saturated rings. The van der Waals surface area contributed by atoms with Crippen molar-refractivity contribution in [2.45, 2.75) is 26.2 Å². The molecule has 86 valence electrons. The van der Waals surface area contributed by atoms with Gasteiger partial charge in [-0.05, 0) is 24.5 Å². The summed E-state index contributed by atoms with van der Waals surface area (Å²) in [6.45, 7) is 5.41. The van der Waals surface area contributed by atoms with Gasteiger partial charge in [-0.2, -0.15) is 0 Å². The lowest BCUT2D eigenvalue weighted by Crippen LogP contribution is -2.07. The Morgan fingerprint density at radius 2 is 2.19 bits per heavy atom. The molecule has 3 nitrogen and oxygen atoms in total. The monoisotopic (exact) mass is 220 g/mol. The van der Waals surface area contributed by atoms with Gasteiger partial charge >= 0.3 is 5.97 Å². The topological polar surface area (TPSA) is 35.5 Å². The van der Waals surface area contributed by atoms with Crippen molar-refractivity contribution in [3.63, 3.8) is 0 Å². The minimum absolute atomic E-state index is 0.480. The van der Waals surface area contributed by atoms with Gasteiger partial charge in [0.1, 0.15) is 6.26 Å². The van der Waals surface area contributed by atoms with E-state index in [0.29, 0.717) is 5.56 Å². The molecule has 0 unspecified atom stereocenters. The highest BCUT2D eigenvalue weighted by atomic mass is 17.2. The van der Waals surface area contributed by atoms with Gasteiger partial charge in [-0.15, -0.1) is 0 Å². The van der Waals surface area contributed by atoms with Crippen LogP contribution in [0.3, 0.4) is 0 Å². The van der Waals surface area contributed by atoms with Crippen molar-refractivity contribution in [1.82, 2.24) is 0 Å². The van der Waals surface area contributed by atoms with E-state index in [1.165, 1.54) is 0 Å². The van der Waals surface area contributed by atoms with E-state index in [4.69, 9.17) is 0 Å². The van der Waals surface area contributed by atoms with Crippen LogP contribution in [0.15, 0.2) is 37.1 Å². The summed E-state index contributed by atoms with van der Waals surface area (Å²) in [4.78, 5) is 20.6. The van der Waals surface area contributed by atoms with Crippen LogP contribution in [0.4, 0.5) is 0 Å². The quantitative estimate of drug-likeness (QED) is 0.419. The van der Waals surface area contributed by atoms with Crippen LogP contribution in [-0.2, 0) is 16.2 Å². The summed E-state index contributed by atoms with van der Waals surface area (Å²) < 4.78 is 0. The summed E-state index contributed by atoms with van der Waals surface area (Å²) >= 11 is 0. The molecular weight excluding hydrogens is 204 g/mol. The number of rotatable bonds is 6. The van der Waals surface area contributed by atoms with Crippen LogP contribution < -0.4 is 0 Å². The van der Waals surface area contributed by atoms with Crippen LogP contribution >= 0.6 is 0 Å². The molecule has 0 heterocycles. The first kappa shape index (κ1) is 12.3. The van der Waals surface area contributed by atoms with Crippen LogP contribution in [0.25, 0.3) is 0 Å². The highest BCUT2D eigenvalue weighted by molar-refractivity contribution is 5.90. The van der Waals surface area contributed by atoms with Crippen molar-refractivity contribution < 1.29 is 14.6 Å². The van der Waals surface area contributed by atoms with Crippen molar-refractivity contribution in [3.05, 3.63) is 48.2 Å². The van der Waals surface area contributed by atoms with Gasteiger partial charge in [0.05, 0.1) is 5.56 Å². The van der Waals surface area contributed by atoms with Crippen molar-refractivity contribution in [2.24, 2.45) is 0 Å². The maximum absolute atomic E-state index is 11.6. The molecule has 0 spiro atoms. The van der Waals surface area contributed by atoms with Crippen LogP contribution in [0.2, 0.25) is 0 Å². The van der Waals surface area contributed by atoms with Crippen molar-refractivity contribution in [1.29, 1.82) is 0 Å². The highest BCUT2D eigenvalue weighted by Gasteiger charge is 2.12. The fourth-order valence-electron chi connectivity index (χ4n) is 1.43. The summed E-state index contributed by atoms with van der Waals surface area (Å²) in [6, 6.07) is 7.38. The third-order valence-electron chi connectivity index (χ3n) is 2.23. The fourth-order valence-corrected chi connectivity index (χ4v) is 1.43. The number of carbonyl (C=O) groups is 1. The Morgan fingerprint density at radius 3 is 2.88 bits per heavy atom. The molecular formula is C13H16O3. The van der Waals surface area contributed by atoms with Gasteiger partial charge in [0.2, 0.25) is 0 Å². The number of carbonyl (C=O) groups excluding carboxylic acids is 1. The lowest BCUT2D eigenvalue weighted by molar-refractivity contribution is -0.190. The number of benzene rings is 1. The normalized spacial score (nSPS) is 9.56. The van der Waals surface area contributed by atoms with Crippen LogP contribution in [0.1, 0.15) is 35.7 Å². The molecule has 3 heteroatoms. The number of hydrogen-bond donors (Lipinski definition) is 0. The summed E-state index contributed by atoms with van der Waals surface area (Å²) in [5.41, 5.74) is 1.54. The van der Waals surface area contributed by atoms with E-state index in [1.54, 1.807) is 12.1 Å². The molecule has 0 amide bonds. The van der Waals surface area contributed by atoms with E-state index in [2.05, 4.69) is 23.3 Å². The Bertz CT molecular complexity index is 358. The van der Waals surface area contributed by atoms with Gasteiger partial charge in [0.15, 0.2) is 0 Å². The van der Waals surface area contributed by atoms with Crippen LogP contribution in [0.5, 0.6) is 0 Å². The summed E-state index contributed by atoms with van der Waals surface area (Å²) in [5.74, 6) is -0.480. The Balaban J connectivity index is 2.76. The van der Waals surface area contributed by atoms with Crippen LogP contribution in [0, 0.1) is 0 Å². The van der Waals surface area contributed by atoms with Gasteiger partial charge in [0.25, 0.3) is 0 Å². The Hall–Kier alpha value is -1.77. The van der Waals surface area contributed by atoms with Gasteiger partial charge in [-0.3, -0.25) is 4.89 Å². The van der Waals surface area contributed by atoms with Crippen molar-refractivity contribution >= 4 is 5.97 Å². The zero-order chi connectivity index (χ0) is 11.8. The number of unbranched alkanes of at least 4 members (excludes halogenated alkanes) is 1. The molecule has 0 aliphatic rings. The van der Waals surface area contributed by atoms with E-state index in [1.807, 2.05) is 12.1 Å². The van der Waals surface area contributed by atoms with E-state index < -0.39 is 5.97 Å². The van der Waals surface area contributed by atoms with E-state index in [-0.39, 0.29) is 0 Å². The second-order valence-electron chi connectivity index (χ2n) is 3.39. The zero-order valence-electron chi connectivity index (χ0n) is 9.44. The van der Waals surface area contributed by atoms with Crippen LogP contribution in [-0.4, -0.2) is 5.97 Å². The highest BCUT2D eigenvalue weighted by Crippen LogP contribution is 2.13. The first-order valence-electron chi connectivity index (χ1n) is 5.36. The Labute approximate surface area is 95.6 Å². The Kier molecular flexibility index (Phi) is 5.12. The third-order valence-corrected chi connectivity index (χ3v) is 2.23. The first-order chi connectivity index (χ1) is 7.79. The molecule has 1 aromatic carbocycles. The molecule has 0 aliphatic heterocycles. The third kappa shape index (κ3) is 3.42. The maximum Gasteiger partial charge on any atom is 0.386 e. The molecule has 0 N–H and O–H groups in total. The second kappa shape index (κ2) is 6.67. The lowest BCUT2D eigenvalue weighted by Gasteiger charge is -2.06. The zero-order valence-corrected chi connectivity index (χ0v) is 9.44. The summed E-state index contributed by atoms with van der Waals surface area (Å²) in [7, 11) is 0. The standard InChI is InChI=1S/C13H16O3/c1-3-5-8-11-9-6-7-10-12(11)13(14)16-15-4-2/h4,6-7,9-10H,2-3,5,8H2,1H3. The van der Waals surface area contributed by atoms with E-state index >= 15 is 0 Å². The molecule has 0 saturated carbocycles. The molecule has 0 radical (unpaired) electrons. The largest absolute Gasteiger partial charge is 0.386 e. The van der Waals surface area contributed by atoms with E-state index in [0.717, 1.165) is 31.1 Å². The van der Waals surface area contributed by atoms with Gasteiger partial charge in [-0.1, -0.05) is 38.1 Å². The lowest BCUT2D eigenvalue weighted by atomic mass is 10.0. The molecule has 1 rings (SSSR count). The second-order valence-corrected chi connectivity index (χ2v) is 3.39. The smallest absolute Gasteiger partial charge is 0.295 e. The first-order valence-corrected chi connectivity index (χ1v) is 5.36. The Morgan fingerprint density at radius 1 is 1.44 bits per heavy atom. The van der Waals surface area contributed by atoms with Crippen molar-refractivity contribution in [3.8, 4) is 0 Å². The number of aryl methyl sites for hydroxylation is 1. The molecule has 0 bridgehead atoms. The number of hydrogen-bond acceptors (Lipinski definition) is 3. The fraction of sp³-hybridized carbons (Fsp3) is 0.308. The van der Waals surface area contributed by atoms with Gasteiger partial charge < -0.3 is 0 Å². The average molecular weight is 220 g/mol. The predicted octanol–water partition coefficient (Wildman–Crippen LogP) is 3.26. The molecule has 0 aliphatic carbocycles. The maximum atomic E-state index is 11.6. The molecule has 16 heavy (non-hydrogen) atoms. The summed E-state index contributed by atoms with van der Waals surface area (Å²) in [5, 5.41) is 0. The molecule has 0 atom stereocenters. The van der Waals surface area contributed by atoms with Crippen molar-refractivity contribution in [2.75, 3.05) is 0 Å².